The van der Waals surface area contributed by atoms with E-state index in [2.05, 4.69) is 10.3 Å². The van der Waals surface area contributed by atoms with Gasteiger partial charge in [-0.05, 0) is 44.5 Å². The van der Waals surface area contributed by atoms with Gasteiger partial charge in [0.15, 0.2) is 0 Å². The van der Waals surface area contributed by atoms with E-state index in [1.807, 2.05) is 0 Å². The smallest absolute Gasteiger partial charge is 0.348 e. The number of esters is 2. The van der Waals surface area contributed by atoms with Crippen molar-refractivity contribution in [2.24, 2.45) is 0 Å². The maximum Gasteiger partial charge on any atom is 0.348 e. The number of hydrogen-bond acceptors (Lipinski definition) is 8. The number of nitrogens with zero attached hydrogens (tertiary/aromatic N) is 2. The summed E-state index contributed by atoms with van der Waals surface area (Å²) < 4.78 is 11.1. The number of carbonyl (C=O) groups is 3. The Kier molecular flexibility index (Phi) is 6.81. The van der Waals surface area contributed by atoms with Crippen LogP contribution in [0.4, 0.5) is 5.69 Å². The van der Waals surface area contributed by atoms with Crippen molar-refractivity contribution in [2.75, 3.05) is 18.5 Å². The summed E-state index contributed by atoms with van der Waals surface area (Å²) in [5.74, 6) is -1.47. The molecular formula is C21H21N3O6S. The Labute approximate surface area is 181 Å². The molecule has 3 aromatic rings. The van der Waals surface area contributed by atoms with E-state index in [1.165, 1.54) is 17.0 Å². The summed E-state index contributed by atoms with van der Waals surface area (Å²) in [6.45, 7) is 5.24. The van der Waals surface area contributed by atoms with Crippen LogP contribution in [0.1, 0.15) is 39.4 Å². The second-order valence-electron chi connectivity index (χ2n) is 6.48. The molecule has 0 bridgehead atoms. The van der Waals surface area contributed by atoms with Gasteiger partial charge in [-0.25, -0.2) is 14.6 Å². The summed E-state index contributed by atoms with van der Waals surface area (Å²) in [4.78, 5) is 54.2. The second kappa shape index (κ2) is 9.52. The van der Waals surface area contributed by atoms with Crippen LogP contribution in [0, 0.1) is 6.92 Å². The zero-order chi connectivity index (χ0) is 22.5. The SMILES string of the molecule is CCOC(=O)c1cccc(NC(=O)Cn2cnc3sc(C(=O)OCC)c(C)c3c2=O)c1. The first-order valence-corrected chi connectivity index (χ1v) is 10.4. The summed E-state index contributed by atoms with van der Waals surface area (Å²) in [7, 11) is 0. The highest BCUT2D eigenvalue weighted by atomic mass is 32.1. The fourth-order valence-electron chi connectivity index (χ4n) is 2.96. The average molecular weight is 443 g/mol. The normalized spacial score (nSPS) is 10.7. The van der Waals surface area contributed by atoms with Gasteiger partial charge >= 0.3 is 11.9 Å². The number of aromatic nitrogens is 2. The molecule has 0 saturated heterocycles. The third-order valence-electron chi connectivity index (χ3n) is 4.35. The van der Waals surface area contributed by atoms with E-state index >= 15 is 0 Å². The lowest BCUT2D eigenvalue weighted by molar-refractivity contribution is -0.116. The van der Waals surface area contributed by atoms with Gasteiger partial charge in [0.05, 0.1) is 30.5 Å². The Bertz CT molecular complexity index is 1210. The molecule has 162 valence electrons. The number of aryl methyl sites for hydroxylation is 1. The molecule has 0 unspecified atom stereocenters. The lowest BCUT2D eigenvalue weighted by atomic mass is 10.2. The number of fused-ring (bicyclic) bond motifs is 1. The Balaban J connectivity index is 1.81. The molecule has 1 amide bonds. The van der Waals surface area contributed by atoms with Crippen molar-refractivity contribution in [3.8, 4) is 0 Å². The molecule has 10 heteroatoms. The van der Waals surface area contributed by atoms with Crippen molar-refractivity contribution in [3.05, 3.63) is 57.0 Å². The highest BCUT2D eigenvalue weighted by Crippen LogP contribution is 2.27. The quantitative estimate of drug-likeness (QED) is 0.558. The number of ether oxygens (including phenoxy) is 2. The molecule has 1 aromatic carbocycles. The summed E-state index contributed by atoms with van der Waals surface area (Å²) in [5.41, 5.74) is 0.756. The zero-order valence-electron chi connectivity index (χ0n) is 17.3. The van der Waals surface area contributed by atoms with E-state index in [9.17, 15) is 19.2 Å². The van der Waals surface area contributed by atoms with Gasteiger partial charge < -0.3 is 14.8 Å². The minimum atomic E-state index is -0.506. The molecule has 2 aromatic heterocycles. The summed E-state index contributed by atoms with van der Waals surface area (Å²) in [6.07, 6.45) is 1.27. The van der Waals surface area contributed by atoms with Gasteiger partial charge in [0.1, 0.15) is 16.3 Å². The van der Waals surface area contributed by atoms with Crippen LogP contribution >= 0.6 is 11.3 Å². The molecular weight excluding hydrogens is 422 g/mol. The topological polar surface area (TPSA) is 117 Å². The molecule has 31 heavy (non-hydrogen) atoms. The van der Waals surface area contributed by atoms with Gasteiger partial charge in [-0.15, -0.1) is 11.3 Å². The molecule has 2 heterocycles. The second-order valence-corrected chi connectivity index (χ2v) is 7.48. The van der Waals surface area contributed by atoms with E-state index in [0.717, 1.165) is 11.3 Å². The Morgan fingerprint density at radius 3 is 2.55 bits per heavy atom. The highest BCUT2D eigenvalue weighted by molar-refractivity contribution is 7.20. The summed E-state index contributed by atoms with van der Waals surface area (Å²) in [6, 6.07) is 6.32. The maximum absolute atomic E-state index is 12.9. The fourth-order valence-corrected chi connectivity index (χ4v) is 3.99. The highest BCUT2D eigenvalue weighted by Gasteiger charge is 2.21. The van der Waals surface area contributed by atoms with E-state index in [0.29, 0.717) is 26.5 Å². The van der Waals surface area contributed by atoms with Gasteiger partial charge in [-0.1, -0.05) is 6.07 Å². The number of thiophene rings is 1. The van der Waals surface area contributed by atoms with Gasteiger partial charge in [0.2, 0.25) is 5.91 Å². The average Bonchev–Trinajstić information content (AvgIpc) is 3.08. The van der Waals surface area contributed by atoms with Crippen LogP contribution in [0.25, 0.3) is 10.2 Å². The lowest BCUT2D eigenvalue weighted by Crippen LogP contribution is -2.28. The molecule has 9 nitrogen and oxygen atoms in total. The van der Waals surface area contributed by atoms with Crippen molar-refractivity contribution in [3.63, 3.8) is 0 Å². The predicted octanol–water partition coefficient (Wildman–Crippen LogP) is 2.76. The first kappa shape index (κ1) is 22.2. The van der Waals surface area contributed by atoms with Crippen molar-refractivity contribution in [2.45, 2.75) is 27.3 Å². The van der Waals surface area contributed by atoms with Crippen LogP contribution in [0.5, 0.6) is 0 Å². The third kappa shape index (κ3) is 4.80. The van der Waals surface area contributed by atoms with Crippen molar-refractivity contribution in [1.82, 2.24) is 9.55 Å². The first-order valence-electron chi connectivity index (χ1n) is 9.58. The molecule has 0 aliphatic rings. The number of nitrogens with one attached hydrogen (secondary N) is 1. The van der Waals surface area contributed by atoms with Crippen LogP contribution in [-0.4, -0.2) is 40.6 Å². The number of anilines is 1. The van der Waals surface area contributed by atoms with E-state index < -0.39 is 23.4 Å². The van der Waals surface area contributed by atoms with Gasteiger partial charge in [0, 0.05) is 5.69 Å². The fraction of sp³-hybridized carbons (Fsp3) is 0.286. The minimum Gasteiger partial charge on any atom is -0.462 e. The Hall–Kier alpha value is -3.53. The van der Waals surface area contributed by atoms with E-state index in [4.69, 9.17) is 9.47 Å². The Morgan fingerprint density at radius 1 is 1.13 bits per heavy atom. The van der Waals surface area contributed by atoms with Gasteiger partial charge in [-0.3, -0.25) is 14.2 Å². The summed E-state index contributed by atoms with van der Waals surface area (Å²) >= 11 is 1.08. The van der Waals surface area contributed by atoms with Gasteiger partial charge in [-0.2, -0.15) is 0 Å². The molecule has 0 aliphatic heterocycles. The Morgan fingerprint density at radius 2 is 1.84 bits per heavy atom. The standard InChI is InChI=1S/C21H21N3O6S/c1-4-29-20(27)13-7-6-8-14(9-13)23-15(25)10-24-11-22-18-16(19(24)26)12(3)17(31-18)21(28)30-5-2/h6-9,11H,4-5,10H2,1-3H3,(H,23,25). The van der Waals surface area contributed by atoms with Gasteiger partial charge in [0.25, 0.3) is 5.56 Å². The molecule has 0 fully saturated rings. The van der Waals surface area contributed by atoms with Crippen LogP contribution in [0.2, 0.25) is 0 Å². The minimum absolute atomic E-state index is 0.224. The number of rotatable bonds is 7. The van der Waals surface area contributed by atoms with E-state index in [-0.39, 0.29) is 25.1 Å². The van der Waals surface area contributed by atoms with Crippen LogP contribution in [-0.2, 0) is 20.8 Å². The largest absolute Gasteiger partial charge is 0.462 e. The monoisotopic (exact) mass is 443 g/mol. The van der Waals surface area contributed by atoms with Crippen LogP contribution in [0.15, 0.2) is 35.4 Å². The van der Waals surface area contributed by atoms with Crippen molar-refractivity contribution >= 4 is 45.1 Å². The maximum atomic E-state index is 12.9. The summed E-state index contributed by atoms with van der Waals surface area (Å²) in [5, 5.41) is 2.94. The molecule has 3 rings (SSSR count). The zero-order valence-corrected chi connectivity index (χ0v) is 18.1. The third-order valence-corrected chi connectivity index (χ3v) is 5.53. The number of carbonyl (C=O) groups excluding carboxylic acids is 3. The lowest BCUT2D eigenvalue weighted by Gasteiger charge is -2.09. The molecule has 0 spiro atoms. The van der Waals surface area contributed by atoms with Crippen LogP contribution < -0.4 is 10.9 Å². The number of hydrogen-bond donors (Lipinski definition) is 1. The predicted molar refractivity (Wildman–Crippen MR) is 116 cm³/mol. The number of amides is 1. The molecule has 1 N–H and O–H groups in total. The molecule has 0 aliphatic carbocycles. The molecule has 0 atom stereocenters. The van der Waals surface area contributed by atoms with Crippen molar-refractivity contribution in [1.29, 1.82) is 0 Å². The van der Waals surface area contributed by atoms with Crippen molar-refractivity contribution < 1.29 is 23.9 Å². The molecule has 0 radical (unpaired) electrons. The van der Waals surface area contributed by atoms with E-state index in [1.54, 1.807) is 39.0 Å². The molecule has 0 saturated carbocycles. The van der Waals surface area contributed by atoms with Crippen LogP contribution in [0.3, 0.4) is 0 Å². The first-order chi connectivity index (χ1) is 14.8. The number of benzene rings is 1.